The van der Waals surface area contributed by atoms with Crippen molar-refractivity contribution in [3.8, 4) is 0 Å². The summed E-state index contributed by atoms with van der Waals surface area (Å²) >= 11 is 0. The quantitative estimate of drug-likeness (QED) is 0.418. The van der Waals surface area contributed by atoms with E-state index in [0.717, 1.165) is 24.5 Å². The van der Waals surface area contributed by atoms with Crippen molar-refractivity contribution in [1.29, 1.82) is 0 Å². The van der Waals surface area contributed by atoms with Gasteiger partial charge in [0.05, 0.1) is 0 Å². The van der Waals surface area contributed by atoms with Crippen LogP contribution in [-0.4, -0.2) is 30.9 Å². The number of oxime groups is 1. The number of rotatable bonds is 2. The molecule has 0 radical (unpaired) electrons. The lowest BCUT2D eigenvalue weighted by molar-refractivity contribution is 0.197. The molecule has 0 unspecified atom stereocenters. The summed E-state index contributed by atoms with van der Waals surface area (Å²) in [6.45, 7) is 4.24. The fraction of sp³-hybridized carbons (Fsp3) is 0.417. The topological polar surface area (TPSA) is 24.8 Å². The first kappa shape index (κ1) is 10.0. The third-order valence-electron chi connectivity index (χ3n) is 2.64. The zero-order valence-electron chi connectivity index (χ0n) is 9.23. The molecule has 1 aliphatic heterocycles. The van der Waals surface area contributed by atoms with Crippen molar-refractivity contribution in [2.45, 2.75) is 13.3 Å². The summed E-state index contributed by atoms with van der Waals surface area (Å²) in [5, 5.41) is 4.09. The van der Waals surface area contributed by atoms with E-state index >= 15 is 0 Å². The molecule has 1 aromatic carbocycles. The van der Waals surface area contributed by atoms with Crippen molar-refractivity contribution in [2.75, 3.05) is 20.2 Å². The lowest BCUT2D eigenvalue weighted by Crippen LogP contribution is -2.42. The fourth-order valence-electron chi connectivity index (χ4n) is 1.61. The predicted octanol–water partition coefficient (Wildman–Crippen LogP) is 2.01. The maximum atomic E-state index is 4.89. The van der Waals surface area contributed by atoms with Gasteiger partial charge in [0.1, 0.15) is 7.11 Å². The summed E-state index contributed by atoms with van der Waals surface area (Å²) in [7, 11) is 1.59. The Balaban J connectivity index is 2.24. The van der Waals surface area contributed by atoms with E-state index in [4.69, 9.17) is 4.84 Å². The number of hydrogen-bond donors (Lipinski definition) is 0. The molecule has 0 spiro atoms. The van der Waals surface area contributed by atoms with Gasteiger partial charge in [0.25, 0.3) is 0 Å². The van der Waals surface area contributed by atoms with Gasteiger partial charge in [0, 0.05) is 18.7 Å². The van der Waals surface area contributed by atoms with Gasteiger partial charge in [-0.2, -0.15) is 0 Å². The highest BCUT2D eigenvalue weighted by Crippen LogP contribution is 2.14. The molecule has 0 atom stereocenters. The van der Waals surface area contributed by atoms with Crippen LogP contribution in [0, 0.1) is 6.92 Å². The van der Waals surface area contributed by atoms with Gasteiger partial charge in [-0.3, -0.25) is 0 Å². The van der Waals surface area contributed by atoms with Crippen LogP contribution < -0.4 is 0 Å². The molecule has 0 amide bonds. The molecule has 0 N–H and O–H groups in total. The van der Waals surface area contributed by atoms with E-state index in [-0.39, 0.29) is 0 Å². The normalized spacial score (nSPS) is 16.1. The van der Waals surface area contributed by atoms with E-state index in [2.05, 4.69) is 41.2 Å². The second kappa shape index (κ2) is 4.34. The monoisotopic (exact) mass is 204 g/mol. The highest BCUT2D eigenvalue weighted by molar-refractivity contribution is 5.98. The molecule has 2 rings (SSSR count). The van der Waals surface area contributed by atoms with Gasteiger partial charge in [0.2, 0.25) is 0 Å². The number of nitrogens with zero attached hydrogens (tertiary/aromatic N) is 2. The average molecular weight is 204 g/mol. The third-order valence-corrected chi connectivity index (χ3v) is 2.64. The maximum Gasteiger partial charge on any atom is 0.175 e. The van der Waals surface area contributed by atoms with Crippen molar-refractivity contribution < 1.29 is 4.84 Å². The zero-order chi connectivity index (χ0) is 10.7. The van der Waals surface area contributed by atoms with E-state index in [9.17, 15) is 0 Å². The molecule has 3 heteroatoms. The summed E-state index contributed by atoms with van der Waals surface area (Å²) in [6, 6.07) is 8.37. The van der Waals surface area contributed by atoms with Crippen molar-refractivity contribution in [2.24, 2.45) is 5.16 Å². The number of likely N-dealkylation sites (tertiary alicyclic amines) is 1. The molecule has 1 aliphatic rings. The molecule has 0 aliphatic carbocycles. The van der Waals surface area contributed by atoms with Crippen LogP contribution in [0.3, 0.4) is 0 Å². The Morgan fingerprint density at radius 2 is 1.93 bits per heavy atom. The molecule has 0 aromatic heterocycles. The number of amidine groups is 1. The maximum absolute atomic E-state index is 4.89. The van der Waals surface area contributed by atoms with Gasteiger partial charge in [0.15, 0.2) is 5.84 Å². The summed E-state index contributed by atoms with van der Waals surface area (Å²) in [4.78, 5) is 7.12. The minimum Gasteiger partial charge on any atom is -0.397 e. The number of aryl methyl sites for hydroxylation is 1. The molecular weight excluding hydrogens is 188 g/mol. The zero-order valence-corrected chi connectivity index (χ0v) is 9.23. The molecule has 1 fully saturated rings. The van der Waals surface area contributed by atoms with Gasteiger partial charge in [-0.15, -0.1) is 0 Å². The van der Waals surface area contributed by atoms with Gasteiger partial charge < -0.3 is 9.74 Å². The van der Waals surface area contributed by atoms with Gasteiger partial charge >= 0.3 is 0 Å². The van der Waals surface area contributed by atoms with Crippen LogP contribution in [-0.2, 0) is 4.84 Å². The van der Waals surface area contributed by atoms with Crippen molar-refractivity contribution >= 4 is 5.84 Å². The van der Waals surface area contributed by atoms with Gasteiger partial charge in [-0.25, -0.2) is 0 Å². The molecule has 1 heterocycles. The van der Waals surface area contributed by atoms with Crippen molar-refractivity contribution in [3.05, 3.63) is 35.4 Å². The minimum atomic E-state index is 0.948. The van der Waals surface area contributed by atoms with Gasteiger partial charge in [-0.05, 0) is 13.3 Å². The van der Waals surface area contributed by atoms with Crippen LogP contribution in [0.5, 0.6) is 0 Å². The molecule has 1 aromatic rings. The first-order chi connectivity index (χ1) is 7.31. The van der Waals surface area contributed by atoms with Crippen LogP contribution in [0.1, 0.15) is 17.5 Å². The molecule has 15 heavy (non-hydrogen) atoms. The van der Waals surface area contributed by atoms with E-state index in [0.29, 0.717) is 0 Å². The molecule has 3 nitrogen and oxygen atoms in total. The average Bonchev–Trinajstić information content (AvgIpc) is 2.16. The standard InChI is InChI=1S/C12H16N2O/c1-10-4-6-11(7-5-10)12(13-15-2)14-8-3-9-14/h4-7H,3,8-9H2,1-2H3/b13-12+. The smallest absolute Gasteiger partial charge is 0.175 e. The first-order valence-electron chi connectivity index (χ1n) is 5.24. The lowest BCUT2D eigenvalue weighted by Gasteiger charge is -2.33. The molecule has 0 bridgehead atoms. The van der Waals surface area contributed by atoms with Crippen LogP contribution in [0.4, 0.5) is 0 Å². The summed E-state index contributed by atoms with van der Waals surface area (Å²) < 4.78 is 0. The van der Waals surface area contributed by atoms with Crippen LogP contribution in [0.2, 0.25) is 0 Å². The Hall–Kier alpha value is -1.51. The van der Waals surface area contributed by atoms with E-state index < -0.39 is 0 Å². The Morgan fingerprint density at radius 3 is 2.40 bits per heavy atom. The summed E-state index contributed by atoms with van der Waals surface area (Å²) in [5.41, 5.74) is 2.39. The van der Waals surface area contributed by atoms with Crippen molar-refractivity contribution in [1.82, 2.24) is 4.90 Å². The van der Waals surface area contributed by atoms with Gasteiger partial charge in [-0.1, -0.05) is 35.0 Å². The van der Waals surface area contributed by atoms with E-state index in [1.165, 1.54) is 12.0 Å². The van der Waals surface area contributed by atoms with Crippen LogP contribution >= 0.6 is 0 Å². The molecule has 80 valence electrons. The summed E-state index contributed by atoms with van der Waals surface area (Å²) in [6.07, 6.45) is 1.24. The lowest BCUT2D eigenvalue weighted by atomic mass is 10.1. The van der Waals surface area contributed by atoms with E-state index in [1.54, 1.807) is 7.11 Å². The minimum absolute atomic E-state index is 0.948. The Morgan fingerprint density at radius 1 is 1.27 bits per heavy atom. The Bertz CT molecular complexity index is 352. The highest BCUT2D eigenvalue weighted by Gasteiger charge is 2.20. The second-order valence-electron chi connectivity index (χ2n) is 3.80. The predicted molar refractivity (Wildman–Crippen MR) is 60.9 cm³/mol. The first-order valence-corrected chi connectivity index (χ1v) is 5.24. The summed E-state index contributed by atoms with van der Waals surface area (Å²) in [5.74, 6) is 0.948. The molecule has 0 saturated carbocycles. The number of benzene rings is 1. The van der Waals surface area contributed by atoms with Crippen molar-refractivity contribution in [3.63, 3.8) is 0 Å². The number of hydrogen-bond acceptors (Lipinski definition) is 2. The van der Waals surface area contributed by atoms with Crippen LogP contribution in [0.15, 0.2) is 29.4 Å². The highest BCUT2D eigenvalue weighted by atomic mass is 16.6. The second-order valence-corrected chi connectivity index (χ2v) is 3.80. The Kier molecular flexibility index (Phi) is 2.90. The Labute approximate surface area is 90.3 Å². The molecule has 1 saturated heterocycles. The SMILES string of the molecule is CO/N=C(\c1ccc(C)cc1)N1CCC1. The fourth-order valence-corrected chi connectivity index (χ4v) is 1.61. The third kappa shape index (κ3) is 2.12. The molecular formula is C12H16N2O. The van der Waals surface area contributed by atoms with E-state index in [1.807, 2.05) is 0 Å². The van der Waals surface area contributed by atoms with Crippen LogP contribution in [0.25, 0.3) is 0 Å². The largest absolute Gasteiger partial charge is 0.397 e.